The quantitative estimate of drug-likeness (QED) is 0.468. The van der Waals surface area contributed by atoms with Crippen molar-refractivity contribution in [2.45, 2.75) is 26.3 Å². The standard InChI is InChI=1S/C21H22N6O3/c1-3-4-12-25(2)17(28)14-27-21(29)26-13-8-11-16(19(26)23-27)20-22-18(24-30-20)15-9-6-5-7-10-15/h5-11,13H,3-4,12,14H2,1-2H3. The van der Waals surface area contributed by atoms with Gasteiger partial charge in [0.2, 0.25) is 11.7 Å². The van der Waals surface area contributed by atoms with Crippen molar-refractivity contribution in [3.05, 3.63) is 59.1 Å². The fourth-order valence-electron chi connectivity index (χ4n) is 3.11. The maximum atomic E-state index is 12.7. The van der Waals surface area contributed by atoms with E-state index in [2.05, 4.69) is 22.2 Å². The summed E-state index contributed by atoms with van der Waals surface area (Å²) < 4.78 is 7.97. The van der Waals surface area contributed by atoms with E-state index < -0.39 is 5.69 Å². The Bertz CT molecular complexity index is 1220. The number of aromatic nitrogens is 5. The summed E-state index contributed by atoms with van der Waals surface area (Å²) in [6.07, 6.45) is 3.50. The van der Waals surface area contributed by atoms with Crippen LogP contribution in [0.2, 0.25) is 0 Å². The highest BCUT2D eigenvalue weighted by Gasteiger charge is 2.19. The number of nitrogens with zero attached hydrogens (tertiary/aromatic N) is 6. The van der Waals surface area contributed by atoms with E-state index in [-0.39, 0.29) is 18.3 Å². The molecule has 1 aromatic carbocycles. The largest absolute Gasteiger partial charge is 0.350 e. The van der Waals surface area contributed by atoms with Crippen molar-refractivity contribution in [3.63, 3.8) is 0 Å². The smallest absolute Gasteiger partial charge is 0.344 e. The van der Waals surface area contributed by atoms with Crippen LogP contribution in [0.4, 0.5) is 0 Å². The van der Waals surface area contributed by atoms with E-state index in [0.29, 0.717) is 23.6 Å². The molecule has 9 nitrogen and oxygen atoms in total. The number of carbonyl (C=O) groups is 1. The summed E-state index contributed by atoms with van der Waals surface area (Å²) in [4.78, 5) is 31.2. The van der Waals surface area contributed by atoms with Crippen LogP contribution in [-0.2, 0) is 11.3 Å². The Kier molecular flexibility index (Phi) is 5.42. The summed E-state index contributed by atoms with van der Waals surface area (Å²) in [5, 5.41) is 8.40. The van der Waals surface area contributed by atoms with Gasteiger partial charge in [0.1, 0.15) is 6.54 Å². The average molecular weight is 406 g/mol. The first-order valence-electron chi connectivity index (χ1n) is 9.80. The zero-order valence-electron chi connectivity index (χ0n) is 16.9. The van der Waals surface area contributed by atoms with E-state index >= 15 is 0 Å². The molecule has 9 heteroatoms. The van der Waals surface area contributed by atoms with Crippen molar-refractivity contribution in [1.82, 2.24) is 29.2 Å². The maximum absolute atomic E-state index is 12.7. The van der Waals surface area contributed by atoms with Crippen molar-refractivity contribution in [1.29, 1.82) is 0 Å². The minimum absolute atomic E-state index is 0.126. The number of likely N-dealkylation sites (N-methyl/N-ethyl adjacent to an activating group) is 1. The third kappa shape index (κ3) is 3.73. The second kappa shape index (κ2) is 8.32. The predicted octanol–water partition coefficient (Wildman–Crippen LogP) is 2.47. The number of rotatable bonds is 7. The summed E-state index contributed by atoms with van der Waals surface area (Å²) >= 11 is 0. The number of benzene rings is 1. The van der Waals surface area contributed by atoms with Crippen LogP contribution in [-0.4, -0.2) is 48.7 Å². The van der Waals surface area contributed by atoms with E-state index in [4.69, 9.17) is 4.52 Å². The van der Waals surface area contributed by atoms with Gasteiger partial charge in [0.15, 0.2) is 5.65 Å². The number of hydrogen-bond acceptors (Lipinski definition) is 6. The molecular formula is C21H22N6O3. The highest BCUT2D eigenvalue weighted by atomic mass is 16.5. The van der Waals surface area contributed by atoms with Crippen LogP contribution in [0, 0.1) is 0 Å². The number of pyridine rings is 1. The molecule has 0 spiro atoms. The van der Waals surface area contributed by atoms with E-state index in [1.807, 2.05) is 30.3 Å². The molecule has 3 heterocycles. The van der Waals surface area contributed by atoms with Crippen LogP contribution < -0.4 is 5.69 Å². The number of unbranched alkanes of at least 4 members (excludes halogenated alkanes) is 1. The summed E-state index contributed by atoms with van der Waals surface area (Å²) in [5.41, 5.74) is 1.31. The Labute approximate surface area is 172 Å². The molecule has 3 aromatic heterocycles. The summed E-state index contributed by atoms with van der Waals surface area (Å²) in [5.74, 6) is 0.532. The lowest BCUT2D eigenvalue weighted by molar-refractivity contribution is -0.130. The van der Waals surface area contributed by atoms with E-state index in [0.717, 1.165) is 23.1 Å². The lowest BCUT2D eigenvalue weighted by Gasteiger charge is -2.15. The zero-order valence-corrected chi connectivity index (χ0v) is 16.9. The van der Waals surface area contributed by atoms with Crippen molar-refractivity contribution in [2.24, 2.45) is 0 Å². The van der Waals surface area contributed by atoms with Gasteiger partial charge in [-0.25, -0.2) is 13.9 Å². The van der Waals surface area contributed by atoms with Gasteiger partial charge < -0.3 is 9.42 Å². The molecule has 0 atom stereocenters. The molecule has 0 N–H and O–H groups in total. The normalized spacial score (nSPS) is 11.1. The monoisotopic (exact) mass is 406 g/mol. The number of hydrogen-bond donors (Lipinski definition) is 0. The third-order valence-electron chi connectivity index (χ3n) is 4.86. The third-order valence-corrected chi connectivity index (χ3v) is 4.86. The highest BCUT2D eigenvalue weighted by molar-refractivity contribution is 5.76. The van der Waals surface area contributed by atoms with Gasteiger partial charge in [0, 0.05) is 25.4 Å². The van der Waals surface area contributed by atoms with Gasteiger partial charge in [-0.3, -0.25) is 4.79 Å². The Morgan fingerprint density at radius 2 is 1.97 bits per heavy atom. The molecule has 0 fully saturated rings. The summed E-state index contributed by atoms with van der Waals surface area (Å²) in [6, 6.07) is 12.9. The summed E-state index contributed by atoms with van der Waals surface area (Å²) in [7, 11) is 1.73. The van der Waals surface area contributed by atoms with Gasteiger partial charge in [-0.05, 0) is 18.6 Å². The summed E-state index contributed by atoms with van der Waals surface area (Å²) in [6.45, 7) is 2.58. The second-order valence-corrected chi connectivity index (χ2v) is 7.01. The molecule has 4 aromatic rings. The first kappa shape index (κ1) is 19.6. The lowest BCUT2D eigenvalue weighted by atomic mass is 10.2. The van der Waals surface area contributed by atoms with Crippen LogP contribution in [0.5, 0.6) is 0 Å². The SMILES string of the molecule is CCCCN(C)C(=O)Cn1nc2c(-c3nc(-c4ccccc4)no3)cccn2c1=O. The van der Waals surface area contributed by atoms with Crippen LogP contribution in [0.15, 0.2) is 58.0 Å². The minimum Gasteiger partial charge on any atom is -0.344 e. The van der Waals surface area contributed by atoms with E-state index in [1.165, 1.54) is 4.40 Å². The van der Waals surface area contributed by atoms with E-state index in [9.17, 15) is 9.59 Å². The molecule has 4 rings (SSSR count). The van der Waals surface area contributed by atoms with Gasteiger partial charge >= 0.3 is 5.69 Å². The van der Waals surface area contributed by atoms with Crippen LogP contribution in [0.25, 0.3) is 28.5 Å². The first-order chi connectivity index (χ1) is 14.6. The van der Waals surface area contributed by atoms with Crippen LogP contribution in [0.3, 0.4) is 0 Å². The molecule has 154 valence electrons. The number of fused-ring (bicyclic) bond motifs is 1. The van der Waals surface area contributed by atoms with Crippen molar-refractivity contribution < 1.29 is 9.32 Å². The molecule has 0 unspecified atom stereocenters. The molecule has 30 heavy (non-hydrogen) atoms. The predicted molar refractivity (Wildman–Crippen MR) is 111 cm³/mol. The van der Waals surface area contributed by atoms with E-state index in [1.54, 1.807) is 30.3 Å². The Morgan fingerprint density at radius 3 is 2.73 bits per heavy atom. The van der Waals surface area contributed by atoms with Crippen molar-refractivity contribution in [2.75, 3.05) is 13.6 Å². The molecule has 0 bridgehead atoms. The molecule has 0 aliphatic rings. The fourth-order valence-corrected chi connectivity index (χ4v) is 3.11. The fraction of sp³-hybridized carbons (Fsp3) is 0.286. The molecule has 1 amide bonds. The minimum atomic E-state index is -0.396. The van der Waals surface area contributed by atoms with Crippen LogP contribution >= 0.6 is 0 Å². The Hall–Kier alpha value is -3.75. The average Bonchev–Trinajstić information content (AvgIpc) is 3.38. The second-order valence-electron chi connectivity index (χ2n) is 7.01. The molecule has 0 aliphatic heterocycles. The van der Waals surface area contributed by atoms with Gasteiger partial charge in [0.25, 0.3) is 5.89 Å². The Balaban J connectivity index is 1.67. The topological polar surface area (TPSA) is 98.5 Å². The van der Waals surface area contributed by atoms with Crippen molar-refractivity contribution >= 4 is 11.6 Å². The molecular weight excluding hydrogens is 384 g/mol. The van der Waals surface area contributed by atoms with Crippen molar-refractivity contribution in [3.8, 4) is 22.8 Å². The number of carbonyl (C=O) groups excluding carboxylic acids is 1. The first-order valence-corrected chi connectivity index (χ1v) is 9.80. The highest BCUT2D eigenvalue weighted by Crippen LogP contribution is 2.24. The van der Waals surface area contributed by atoms with Crippen LogP contribution in [0.1, 0.15) is 19.8 Å². The number of amides is 1. The maximum Gasteiger partial charge on any atom is 0.350 e. The van der Waals surface area contributed by atoms with Gasteiger partial charge in [-0.2, -0.15) is 4.98 Å². The molecule has 0 saturated carbocycles. The lowest BCUT2D eigenvalue weighted by Crippen LogP contribution is -2.34. The molecule has 0 aliphatic carbocycles. The van der Waals surface area contributed by atoms with Gasteiger partial charge in [-0.1, -0.05) is 48.8 Å². The Morgan fingerprint density at radius 1 is 1.17 bits per heavy atom. The van der Waals surface area contributed by atoms with Gasteiger partial charge in [0.05, 0.1) is 5.56 Å². The molecule has 0 radical (unpaired) electrons. The molecule has 0 saturated heterocycles. The zero-order chi connectivity index (χ0) is 21.1. The van der Waals surface area contributed by atoms with Gasteiger partial charge in [-0.15, -0.1) is 5.10 Å².